The number of sulfonamides is 1. The molecule has 2 aromatic rings. The van der Waals surface area contributed by atoms with E-state index in [1.807, 2.05) is 44.2 Å². The molecule has 2 aromatic carbocycles. The first-order chi connectivity index (χ1) is 12.8. The number of hydrogen-bond donors (Lipinski definition) is 0. The van der Waals surface area contributed by atoms with E-state index >= 15 is 0 Å². The monoisotopic (exact) mass is 385 g/mol. The van der Waals surface area contributed by atoms with Crippen LogP contribution in [0.3, 0.4) is 0 Å². The van der Waals surface area contributed by atoms with Crippen LogP contribution in [-0.2, 0) is 19.6 Å². The molecule has 0 N–H and O–H groups in total. The van der Waals surface area contributed by atoms with Gasteiger partial charge in [0, 0.05) is 18.7 Å². The Kier molecular flexibility index (Phi) is 5.37. The Hall–Kier alpha value is -2.60. The summed E-state index contributed by atoms with van der Waals surface area (Å²) in [4.78, 5) is 12.6. The lowest BCUT2D eigenvalue weighted by Gasteiger charge is -2.35. The average Bonchev–Trinajstić information content (AvgIpc) is 2.67. The van der Waals surface area contributed by atoms with Crippen molar-refractivity contribution in [1.29, 1.82) is 0 Å². The minimum atomic E-state index is -3.74. The van der Waals surface area contributed by atoms with Gasteiger partial charge >= 0.3 is 5.97 Å². The summed E-state index contributed by atoms with van der Waals surface area (Å²) in [6.07, 6.45) is 1.43. The number of ether oxygens (including phenoxy) is 1. The van der Waals surface area contributed by atoms with Crippen molar-refractivity contribution >= 4 is 16.0 Å². The first-order valence-corrected chi connectivity index (χ1v) is 10.2. The Morgan fingerprint density at radius 1 is 1.07 bits per heavy atom. The van der Waals surface area contributed by atoms with Gasteiger partial charge in [0.2, 0.25) is 0 Å². The maximum Gasteiger partial charge on any atom is 0.335 e. The fraction of sp³-hybridized carbons (Fsp3) is 0.286. The summed E-state index contributed by atoms with van der Waals surface area (Å²) in [5.41, 5.74) is 2.29. The summed E-state index contributed by atoms with van der Waals surface area (Å²) in [5, 5.41) is 0. The zero-order chi connectivity index (χ0) is 19.6. The summed E-state index contributed by atoms with van der Waals surface area (Å²) in [5.74, 6) is -0.825. The molecule has 0 aromatic heterocycles. The van der Waals surface area contributed by atoms with Gasteiger partial charge < -0.3 is 4.74 Å². The maximum absolute atomic E-state index is 13.1. The van der Waals surface area contributed by atoms with Crippen molar-refractivity contribution in [3.05, 3.63) is 77.5 Å². The molecule has 1 aliphatic heterocycles. The zero-order valence-electron chi connectivity index (χ0n) is 15.6. The summed E-state index contributed by atoms with van der Waals surface area (Å²) < 4.78 is 32.3. The predicted molar refractivity (Wildman–Crippen MR) is 104 cm³/mol. The van der Waals surface area contributed by atoms with E-state index in [-0.39, 0.29) is 23.3 Å². The van der Waals surface area contributed by atoms with E-state index in [1.54, 1.807) is 24.3 Å². The Morgan fingerprint density at radius 2 is 1.70 bits per heavy atom. The second-order valence-corrected chi connectivity index (χ2v) is 8.72. The highest BCUT2D eigenvalue weighted by Crippen LogP contribution is 2.38. The van der Waals surface area contributed by atoms with Gasteiger partial charge in [-0.1, -0.05) is 55.0 Å². The number of aryl methyl sites for hydroxylation is 1. The van der Waals surface area contributed by atoms with Crippen LogP contribution in [0.15, 0.2) is 71.3 Å². The quantitative estimate of drug-likeness (QED) is 0.756. The molecule has 2 atom stereocenters. The second-order valence-electron chi connectivity index (χ2n) is 6.83. The average molecular weight is 385 g/mol. The fourth-order valence-electron chi connectivity index (χ4n) is 3.46. The minimum Gasteiger partial charge on any atom is -0.466 e. The number of nitrogens with zero attached hydrogens (tertiary/aromatic N) is 1. The van der Waals surface area contributed by atoms with Gasteiger partial charge in [-0.3, -0.25) is 4.31 Å². The van der Waals surface area contributed by atoms with Crippen LogP contribution in [0.1, 0.15) is 24.0 Å². The third-order valence-electron chi connectivity index (χ3n) is 4.86. The summed E-state index contributed by atoms with van der Waals surface area (Å²) in [7, 11) is -2.43. The third kappa shape index (κ3) is 3.76. The van der Waals surface area contributed by atoms with Crippen molar-refractivity contribution in [2.24, 2.45) is 5.92 Å². The van der Waals surface area contributed by atoms with Gasteiger partial charge in [-0.25, -0.2) is 13.2 Å². The molecule has 0 bridgehead atoms. The summed E-state index contributed by atoms with van der Waals surface area (Å²) in [6.45, 7) is 4.14. The van der Waals surface area contributed by atoms with Crippen molar-refractivity contribution in [1.82, 2.24) is 4.31 Å². The van der Waals surface area contributed by atoms with E-state index in [0.29, 0.717) is 5.57 Å². The van der Waals surface area contributed by atoms with E-state index in [1.165, 1.54) is 17.6 Å². The molecule has 0 fully saturated rings. The molecule has 0 amide bonds. The highest BCUT2D eigenvalue weighted by Gasteiger charge is 2.37. The standard InChI is InChI=1S/C21H23NO4S/c1-15-9-11-18(12-10-15)27(24,25)22-13-16(2)20(17-7-5-4-6-8-17)19(14-22)21(23)26-3/h4-12,14,16,20H,13H2,1-3H3. The van der Waals surface area contributed by atoms with Gasteiger partial charge in [0.15, 0.2) is 0 Å². The van der Waals surface area contributed by atoms with Gasteiger partial charge in [0.05, 0.1) is 17.6 Å². The molecule has 5 nitrogen and oxygen atoms in total. The molecule has 0 spiro atoms. The Labute approximate surface area is 160 Å². The lowest BCUT2D eigenvalue weighted by atomic mass is 9.80. The molecule has 27 heavy (non-hydrogen) atoms. The summed E-state index contributed by atoms with van der Waals surface area (Å²) in [6, 6.07) is 16.3. The Balaban J connectivity index is 2.06. The Morgan fingerprint density at radius 3 is 2.30 bits per heavy atom. The number of benzene rings is 2. The van der Waals surface area contributed by atoms with Crippen molar-refractivity contribution in [2.45, 2.75) is 24.7 Å². The molecular formula is C21H23NO4S. The predicted octanol–water partition coefficient (Wildman–Crippen LogP) is 3.48. The molecular weight excluding hydrogens is 362 g/mol. The third-order valence-corrected chi connectivity index (χ3v) is 6.60. The van der Waals surface area contributed by atoms with Gasteiger partial charge in [-0.2, -0.15) is 0 Å². The van der Waals surface area contributed by atoms with Crippen LogP contribution in [0.4, 0.5) is 0 Å². The Bertz CT molecular complexity index is 949. The fourth-order valence-corrected chi connectivity index (χ4v) is 4.90. The molecule has 3 rings (SSSR count). The van der Waals surface area contributed by atoms with Crippen LogP contribution in [-0.4, -0.2) is 32.3 Å². The molecule has 1 heterocycles. The topological polar surface area (TPSA) is 63.7 Å². The number of esters is 1. The van der Waals surface area contributed by atoms with E-state index in [4.69, 9.17) is 4.74 Å². The van der Waals surface area contributed by atoms with Crippen molar-refractivity contribution < 1.29 is 17.9 Å². The molecule has 6 heteroatoms. The first kappa shape index (κ1) is 19.2. The molecule has 0 saturated heterocycles. The lowest BCUT2D eigenvalue weighted by molar-refractivity contribution is -0.136. The number of carbonyl (C=O) groups is 1. The molecule has 2 unspecified atom stereocenters. The lowest BCUT2D eigenvalue weighted by Crippen LogP contribution is -2.39. The molecule has 0 saturated carbocycles. The van der Waals surface area contributed by atoms with Crippen molar-refractivity contribution in [3.8, 4) is 0 Å². The van der Waals surface area contributed by atoms with Gasteiger partial charge in [-0.05, 0) is 30.5 Å². The van der Waals surface area contributed by atoms with E-state index in [9.17, 15) is 13.2 Å². The molecule has 0 aliphatic carbocycles. The molecule has 142 valence electrons. The van der Waals surface area contributed by atoms with Crippen LogP contribution in [0.25, 0.3) is 0 Å². The number of hydrogen-bond acceptors (Lipinski definition) is 4. The first-order valence-electron chi connectivity index (χ1n) is 8.78. The van der Waals surface area contributed by atoms with Crippen LogP contribution >= 0.6 is 0 Å². The van der Waals surface area contributed by atoms with Gasteiger partial charge in [-0.15, -0.1) is 0 Å². The van der Waals surface area contributed by atoms with E-state index in [0.717, 1.165) is 11.1 Å². The highest BCUT2D eigenvalue weighted by molar-refractivity contribution is 7.89. The van der Waals surface area contributed by atoms with Gasteiger partial charge in [0.25, 0.3) is 10.0 Å². The van der Waals surface area contributed by atoms with E-state index < -0.39 is 16.0 Å². The second kappa shape index (κ2) is 7.56. The summed E-state index contributed by atoms with van der Waals surface area (Å²) >= 11 is 0. The largest absolute Gasteiger partial charge is 0.466 e. The van der Waals surface area contributed by atoms with Crippen molar-refractivity contribution in [3.63, 3.8) is 0 Å². The normalized spacial score (nSPS) is 20.1. The smallest absolute Gasteiger partial charge is 0.335 e. The molecule has 1 aliphatic rings. The molecule has 0 radical (unpaired) electrons. The van der Waals surface area contributed by atoms with Crippen molar-refractivity contribution in [2.75, 3.05) is 13.7 Å². The zero-order valence-corrected chi connectivity index (χ0v) is 16.4. The van der Waals surface area contributed by atoms with Crippen LogP contribution in [0.2, 0.25) is 0 Å². The number of carbonyl (C=O) groups excluding carboxylic acids is 1. The highest BCUT2D eigenvalue weighted by atomic mass is 32.2. The van der Waals surface area contributed by atoms with E-state index in [2.05, 4.69) is 0 Å². The van der Waals surface area contributed by atoms with Crippen LogP contribution in [0, 0.1) is 12.8 Å². The van der Waals surface area contributed by atoms with Crippen LogP contribution < -0.4 is 0 Å². The number of methoxy groups -OCH3 is 1. The minimum absolute atomic E-state index is 0.0910. The number of rotatable bonds is 4. The van der Waals surface area contributed by atoms with Gasteiger partial charge in [0.1, 0.15) is 0 Å². The SMILES string of the molecule is COC(=O)C1=CN(S(=O)(=O)c2ccc(C)cc2)CC(C)C1c1ccccc1. The maximum atomic E-state index is 13.1. The van der Waals surface area contributed by atoms with Crippen LogP contribution in [0.5, 0.6) is 0 Å².